The van der Waals surface area contributed by atoms with Crippen molar-refractivity contribution in [1.82, 2.24) is 14.0 Å². The molecule has 9 nitrogen and oxygen atoms in total. The van der Waals surface area contributed by atoms with E-state index in [4.69, 9.17) is 25.8 Å². The van der Waals surface area contributed by atoms with Crippen molar-refractivity contribution in [2.75, 3.05) is 40.7 Å². The Morgan fingerprint density at radius 1 is 1.05 bits per heavy atom. The summed E-state index contributed by atoms with van der Waals surface area (Å²) in [6.07, 6.45) is 0.478. The van der Waals surface area contributed by atoms with Crippen molar-refractivity contribution in [2.24, 2.45) is 0 Å². The van der Waals surface area contributed by atoms with E-state index in [1.54, 1.807) is 21.6 Å². The predicted molar refractivity (Wildman–Crippen MR) is 138 cm³/mol. The molecule has 1 aliphatic rings. The number of carbonyl (C=O) groups is 1. The van der Waals surface area contributed by atoms with Crippen LogP contribution >= 0.6 is 11.6 Å². The topological polar surface area (TPSA) is 92.0 Å². The third-order valence-electron chi connectivity index (χ3n) is 6.68. The summed E-state index contributed by atoms with van der Waals surface area (Å²) >= 11 is 6.46. The first kappa shape index (κ1) is 27.4. The lowest BCUT2D eigenvalue weighted by Crippen LogP contribution is -2.44. The molecule has 38 heavy (non-hydrogen) atoms. The predicted octanol–water partition coefficient (Wildman–Crippen LogP) is 3.36. The van der Waals surface area contributed by atoms with Crippen molar-refractivity contribution in [3.8, 4) is 17.2 Å². The van der Waals surface area contributed by atoms with Gasteiger partial charge in [-0.05, 0) is 42.7 Å². The number of methoxy groups -OCH3 is 2. The van der Waals surface area contributed by atoms with Crippen LogP contribution in [0.4, 0.5) is 8.78 Å². The van der Waals surface area contributed by atoms with Crippen molar-refractivity contribution in [1.29, 1.82) is 0 Å². The van der Waals surface area contributed by atoms with E-state index < -0.39 is 30.7 Å². The van der Waals surface area contributed by atoms with Crippen LogP contribution in [-0.4, -0.2) is 67.2 Å². The summed E-state index contributed by atoms with van der Waals surface area (Å²) in [6.45, 7) is -1.32. The second-order valence-corrected chi connectivity index (χ2v) is 9.35. The minimum atomic E-state index is -1.31. The molecule has 2 heterocycles. The second kappa shape index (κ2) is 11.8. The lowest BCUT2D eigenvalue weighted by molar-refractivity contribution is -0.119. The monoisotopic (exact) mass is 551 g/mol. The Hall–Kier alpha value is -3.60. The molecule has 1 aliphatic heterocycles. The average Bonchev–Trinajstić information content (AvgIpc) is 2.95. The van der Waals surface area contributed by atoms with E-state index in [-0.39, 0.29) is 28.7 Å². The second-order valence-electron chi connectivity index (χ2n) is 8.94. The Balaban J connectivity index is 1.88. The SMILES string of the molecule is COc1cc(Cl)c(Cn2c(=O)c3cc(OC(CF)CF)ccc3n(C3CCN(C=O)CC3)c2=O)cc1OC. The quantitative estimate of drug-likeness (QED) is 0.359. The summed E-state index contributed by atoms with van der Waals surface area (Å²) in [5.41, 5.74) is -0.340. The van der Waals surface area contributed by atoms with Crippen LogP contribution < -0.4 is 25.5 Å². The zero-order valence-electron chi connectivity index (χ0n) is 21.0. The Kier molecular flexibility index (Phi) is 8.55. The Morgan fingerprint density at radius 3 is 2.32 bits per heavy atom. The maximum atomic E-state index is 13.8. The number of amides is 1. The van der Waals surface area contributed by atoms with E-state index in [0.717, 1.165) is 11.0 Å². The molecule has 0 atom stereocenters. The van der Waals surface area contributed by atoms with Gasteiger partial charge >= 0.3 is 5.69 Å². The van der Waals surface area contributed by atoms with Crippen LogP contribution in [0.15, 0.2) is 39.9 Å². The number of ether oxygens (including phenoxy) is 3. The summed E-state index contributed by atoms with van der Waals surface area (Å²) < 4.78 is 44.8. The summed E-state index contributed by atoms with van der Waals surface area (Å²) in [6, 6.07) is 7.25. The van der Waals surface area contributed by atoms with E-state index in [0.29, 0.717) is 48.5 Å². The van der Waals surface area contributed by atoms with Crippen LogP contribution in [0.1, 0.15) is 24.4 Å². The summed E-state index contributed by atoms with van der Waals surface area (Å²) in [5.74, 6) is 0.872. The number of halogens is 3. The summed E-state index contributed by atoms with van der Waals surface area (Å²) in [4.78, 5) is 40.3. The van der Waals surface area contributed by atoms with Crippen molar-refractivity contribution in [3.05, 3.63) is 61.8 Å². The van der Waals surface area contributed by atoms with Crippen molar-refractivity contribution in [2.45, 2.75) is 31.5 Å². The normalized spacial score (nSPS) is 14.2. The molecule has 0 aliphatic carbocycles. The molecule has 0 saturated carbocycles. The van der Waals surface area contributed by atoms with Gasteiger partial charge in [-0.3, -0.25) is 18.7 Å². The molecular weight excluding hydrogens is 524 g/mol. The molecule has 4 rings (SSSR count). The first-order valence-corrected chi connectivity index (χ1v) is 12.4. The lowest BCUT2D eigenvalue weighted by Gasteiger charge is -2.31. The molecule has 2 aromatic carbocycles. The largest absolute Gasteiger partial charge is 0.493 e. The number of hydrogen-bond acceptors (Lipinski definition) is 6. The van der Waals surface area contributed by atoms with Gasteiger partial charge in [-0.25, -0.2) is 13.6 Å². The van der Waals surface area contributed by atoms with Crippen molar-refractivity contribution in [3.63, 3.8) is 0 Å². The number of benzene rings is 2. The highest BCUT2D eigenvalue weighted by molar-refractivity contribution is 6.31. The van der Waals surface area contributed by atoms with Crippen LogP contribution in [-0.2, 0) is 11.3 Å². The fourth-order valence-corrected chi connectivity index (χ4v) is 4.87. The average molecular weight is 552 g/mol. The van der Waals surface area contributed by atoms with E-state index in [2.05, 4.69) is 0 Å². The van der Waals surface area contributed by atoms with E-state index in [1.165, 1.54) is 32.4 Å². The van der Waals surface area contributed by atoms with Gasteiger partial charge in [0.25, 0.3) is 5.56 Å². The van der Waals surface area contributed by atoms with Gasteiger partial charge in [-0.1, -0.05) is 11.6 Å². The number of nitrogens with zero attached hydrogens (tertiary/aromatic N) is 3. The Labute approximate surface area is 222 Å². The van der Waals surface area contributed by atoms with Crippen LogP contribution in [0, 0.1) is 0 Å². The first-order chi connectivity index (χ1) is 18.3. The molecule has 0 N–H and O–H groups in total. The van der Waals surface area contributed by atoms with E-state index in [1.807, 2.05) is 0 Å². The fourth-order valence-electron chi connectivity index (χ4n) is 4.66. The van der Waals surface area contributed by atoms with E-state index in [9.17, 15) is 23.2 Å². The summed E-state index contributed by atoms with van der Waals surface area (Å²) in [5, 5.41) is 0.415. The highest BCUT2D eigenvalue weighted by Gasteiger charge is 2.25. The van der Waals surface area contributed by atoms with Gasteiger partial charge in [-0.15, -0.1) is 0 Å². The smallest absolute Gasteiger partial charge is 0.332 e. The molecule has 1 amide bonds. The minimum absolute atomic E-state index is 0.103. The third kappa shape index (κ3) is 5.33. The van der Waals surface area contributed by atoms with Crippen LogP contribution in [0.5, 0.6) is 17.2 Å². The molecule has 0 radical (unpaired) electrons. The molecule has 0 unspecified atom stereocenters. The molecule has 0 spiro atoms. The first-order valence-electron chi connectivity index (χ1n) is 12.0. The Bertz CT molecular complexity index is 1430. The van der Waals surface area contributed by atoms with Gasteiger partial charge in [0.1, 0.15) is 19.1 Å². The van der Waals surface area contributed by atoms with Gasteiger partial charge < -0.3 is 19.1 Å². The maximum absolute atomic E-state index is 13.8. The van der Waals surface area contributed by atoms with Crippen molar-refractivity contribution < 1.29 is 27.8 Å². The number of hydrogen-bond donors (Lipinski definition) is 0. The lowest BCUT2D eigenvalue weighted by atomic mass is 10.0. The van der Waals surface area contributed by atoms with Gasteiger partial charge in [-0.2, -0.15) is 0 Å². The molecule has 1 fully saturated rings. The van der Waals surface area contributed by atoms with E-state index >= 15 is 0 Å². The standard InChI is InChI=1S/C26H28ClF2N3O6/c1-36-23-9-16(21(27)11-24(23)37-2)14-31-25(34)20-10-18(38-19(12-28)13-29)3-4-22(20)32(26(31)35)17-5-7-30(15-33)8-6-17/h3-4,9-11,15,17,19H,5-8,12-14H2,1-2H3. The number of fused-ring (bicyclic) bond motifs is 1. The summed E-state index contributed by atoms with van der Waals surface area (Å²) in [7, 11) is 2.92. The van der Waals surface area contributed by atoms with Crippen LogP contribution in [0.25, 0.3) is 10.9 Å². The van der Waals surface area contributed by atoms with Crippen LogP contribution in [0.3, 0.4) is 0 Å². The molecule has 3 aromatic rings. The number of rotatable bonds is 10. The highest BCUT2D eigenvalue weighted by atomic mass is 35.5. The molecule has 1 saturated heterocycles. The highest BCUT2D eigenvalue weighted by Crippen LogP contribution is 2.33. The Morgan fingerprint density at radius 2 is 1.71 bits per heavy atom. The fraction of sp³-hybridized carbons (Fsp3) is 0.423. The van der Waals surface area contributed by atoms with Gasteiger partial charge in [0.2, 0.25) is 6.41 Å². The molecule has 12 heteroatoms. The third-order valence-corrected chi connectivity index (χ3v) is 7.03. The van der Waals surface area contributed by atoms with Crippen molar-refractivity contribution >= 4 is 28.9 Å². The zero-order valence-corrected chi connectivity index (χ0v) is 21.7. The number of alkyl halides is 2. The number of aromatic nitrogens is 2. The molecule has 204 valence electrons. The molecule has 0 bridgehead atoms. The maximum Gasteiger partial charge on any atom is 0.332 e. The molecule has 1 aromatic heterocycles. The van der Waals surface area contributed by atoms with Gasteiger partial charge in [0.05, 0.1) is 31.7 Å². The number of likely N-dealkylation sites (tertiary alicyclic amines) is 1. The minimum Gasteiger partial charge on any atom is -0.493 e. The number of carbonyl (C=O) groups excluding carboxylic acids is 1. The van der Waals surface area contributed by atoms with Crippen LogP contribution in [0.2, 0.25) is 5.02 Å². The zero-order chi connectivity index (χ0) is 27.4. The van der Waals surface area contributed by atoms with Gasteiger partial charge in [0, 0.05) is 30.2 Å². The molecular formula is C26H28ClF2N3O6. The van der Waals surface area contributed by atoms with Gasteiger partial charge in [0.15, 0.2) is 17.6 Å². The number of piperidine rings is 1.